The van der Waals surface area contributed by atoms with Crippen LogP contribution in [0.4, 0.5) is 0 Å². The number of hydrogen-bond acceptors (Lipinski definition) is 2. The normalized spacial score (nSPS) is 15.2. The molecule has 1 aliphatic carbocycles. The Bertz CT molecular complexity index is 745. The summed E-state index contributed by atoms with van der Waals surface area (Å²) in [5.74, 6) is -0.802. The highest BCUT2D eigenvalue weighted by Gasteiger charge is 2.31. The van der Waals surface area contributed by atoms with Gasteiger partial charge in [-0.25, -0.2) is 0 Å². The number of hydrogen-bond donors (Lipinski definition) is 0. The molecule has 0 aliphatic heterocycles. The molecule has 4 heteroatoms. The molecule has 2 aromatic rings. The van der Waals surface area contributed by atoms with Gasteiger partial charge in [0.15, 0.2) is 0 Å². The average Bonchev–Trinajstić information content (AvgIpc) is 2.41. The monoisotopic (exact) mass is 460 g/mol. The second kappa shape index (κ2) is 4.41. The van der Waals surface area contributed by atoms with Crippen LogP contribution in [0.1, 0.15) is 15.9 Å². The molecule has 88 valence electrons. The Morgan fingerprint density at radius 3 is 2.28 bits per heavy atom. The number of rotatable bonds is 0. The first-order valence-electron chi connectivity index (χ1n) is 5.27. The van der Waals surface area contributed by atoms with E-state index in [2.05, 4.69) is 22.6 Å². The molecule has 1 aliphatic rings. The lowest BCUT2D eigenvalue weighted by Gasteiger charge is -2.17. The summed E-state index contributed by atoms with van der Waals surface area (Å²) in [6.45, 7) is 0. The van der Waals surface area contributed by atoms with Gasteiger partial charge in [-0.1, -0.05) is 30.3 Å². The fourth-order valence-corrected chi connectivity index (χ4v) is 3.47. The first kappa shape index (κ1) is 12.3. The number of allylic oxidation sites excluding steroid dienone is 1. The summed E-state index contributed by atoms with van der Waals surface area (Å²) in [6.07, 6.45) is 0. The first-order valence-corrected chi connectivity index (χ1v) is 7.43. The lowest BCUT2D eigenvalue weighted by Crippen LogP contribution is -2.20. The van der Waals surface area contributed by atoms with Crippen LogP contribution in [-0.2, 0) is 4.79 Å². The van der Waals surface area contributed by atoms with E-state index in [0.717, 1.165) is 19.9 Å². The third-order valence-corrected chi connectivity index (χ3v) is 6.13. The van der Waals surface area contributed by atoms with Crippen molar-refractivity contribution in [1.29, 1.82) is 0 Å². The number of ketones is 2. The Balaban J connectivity index is 2.50. The Labute approximate surface area is 131 Å². The number of carbonyl (C=O) groups is 2. The van der Waals surface area contributed by atoms with E-state index in [4.69, 9.17) is 0 Å². The van der Waals surface area contributed by atoms with E-state index >= 15 is 0 Å². The van der Waals surface area contributed by atoms with Gasteiger partial charge < -0.3 is 0 Å². The molecule has 18 heavy (non-hydrogen) atoms. The van der Waals surface area contributed by atoms with Crippen molar-refractivity contribution in [2.45, 2.75) is 0 Å². The zero-order valence-corrected chi connectivity index (χ0v) is 13.4. The summed E-state index contributed by atoms with van der Waals surface area (Å²) in [6, 6.07) is 11.5. The van der Waals surface area contributed by atoms with Gasteiger partial charge in [0, 0.05) is 14.7 Å². The third-order valence-electron chi connectivity index (χ3n) is 2.99. The van der Waals surface area contributed by atoms with Crippen molar-refractivity contribution in [3.8, 4) is 0 Å². The van der Waals surface area contributed by atoms with Gasteiger partial charge in [-0.3, -0.25) is 9.59 Å². The highest BCUT2D eigenvalue weighted by Crippen LogP contribution is 2.40. The van der Waals surface area contributed by atoms with Crippen LogP contribution in [0.25, 0.3) is 14.4 Å². The second-order valence-electron chi connectivity index (χ2n) is 4.00. The van der Waals surface area contributed by atoms with E-state index in [9.17, 15) is 9.59 Å². The molecule has 0 aromatic heterocycles. The van der Waals surface area contributed by atoms with Crippen LogP contribution in [0.2, 0.25) is 0 Å². The molecule has 0 unspecified atom stereocenters. The molecule has 0 heterocycles. The predicted octanol–water partition coefficient (Wildman–Crippen LogP) is 4.14. The quantitative estimate of drug-likeness (QED) is 0.438. The molecule has 0 atom stereocenters. The van der Waals surface area contributed by atoms with Crippen molar-refractivity contribution >= 4 is 71.1 Å². The highest BCUT2D eigenvalue weighted by atomic mass is 127. The molecule has 2 nitrogen and oxygen atoms in total. The van der Waals surface area contributed by atoms with Crippen molar-refractivity contribution in [2.75, 3.05) is 0 Å². The van der Waals surface area contributed by atoms with Crippen LogP contribution in [-0.4, -0.2) is 11.6 Å². The van der Waals surface area contributed by atoms with Gasteiger partial charge in [-0.15, -0.1) is 0 Å². The van der Waals surface area contributed by atoms with Gasteiger partial charge in [0.1, 0.15) is 0 Å². The third kappa shape index (κ3) is 1.65. The van der Waals surface area contributed by atoms with Gasteiger partial charge in [-0.05, 0) is 62.0 Å². The maximum atomic E-state index is 12.0. The largest absolute Gasteiger partial charge is 0.285 e. The smallest absolute Gasteiger partial charge is 0.240 e. The van der Waals surface area contributed by atoms with E-state index < -0.39 is 11.6 Å². The molecule has 0 N–H and O–H groups in total. The van der Waals surface area contributed by atoms with Crippen molar-refractivity contribution in [2.24, 2.45) is 0 Å². The molecular formula is C14H6I2O2. The standard InChI is InChI=1S/C14H6I2O2/c15-11-10-8-4-2-1-3-7(8)5-6-9(10)13(17)14(18)12(11)16/h1-6H. The van der Waals surface area contributed by atoms with Gasteiger partial charge in [0.25, 0.3) is 0 Å². The molecule has 0 saturated carbocycles. The van der Waals surface area contributed by atoms with Crippen molar-refractivity contribution < 1.29 is 9.59 Å². The van der Waals surface area contributed by atoms with Crippen molar-refractivity contribution in [3.05, 3.63) is 51.1 Å². The molecule has 0 bridgehead atoms. The molecule has 0 spiro atoms. The van der Waals surface area contributed by atoms with Crippen LogP contribution in [0.3, 0.4) is 0 Å². The van der Waals surface area contributed by atoms with Gasteiger partial charge in [0.05, 0.1) is 3.58 Å². The number of carbonyl (C=O) groups excluding carboxylic acids is 2. The Morgan fingerprint density at radius 2 is 1.50 bits per heavy atom. The second-order valence-corrected chi connectivity index (χ2v) is 6.15. The average molecular weight is 460 g/mol. The van der Waals surface area contributed by atoms with Crippen molar-refractivity contribution in [3.63, 3.8) is 0 Å². The topological polar surface area (TPSA) is 34.1 Å². The number of fused-ring (bicyclic) bond motifs is 3. The maximum Gasteiger partial charge on any atom is 0.240 e. The van der Waals surface area contributed by atoms with E-state index in [-0.39, 0.29) is 0 Å². The summed E-state index contributed by atoms with van der Waals surface area (Å²) in [5, 5.41) is 2.10. The molecular weight excluding hydrogens is 454 g/mol. The molecule has 3 rings (SSSR count). The number of benzene rings is 2. The lowest BCUT2D eigenvalue weighted by molar-refractivity contribution is -0.111. The van der Waals surface area contributed by atoms with Gasteiger partial charge >= 0.3 is 0 Å². The summed E-state index contributed by atoms with van der Waals surface area (Å²) in [7, 11) is 0. The maximum absolute atomic E-state index is 12.0. The first-order chi connectivity index (χ1) is 8.61. The van der Waals surface area contributed by atoms with Crippen LogP contribution in [0.15, 0.2) is 40.0 Å². The fourth-order valence-electron chi connectivity index (χ4n) is 2.13. The zero-order chi connectivity index (χ0) is 12.9. The Kier molecular flexibility index (Phi) is 3.01. The summed E-state index contributed by atoms with van der Waals surface area (Å²) >= 11 is 4.10. The Hall–Kier alpha value is -0.760. The zero-order valence-electron chi connectivity index (χ0n) is 9.04. The molecule has 2 aromatic carbocycles. The SMILES string of the molecule is O=C1C(=O)c2ccc3ccccc3c2C(I)=C1I. The van der Waals surface area contributed by atoms with E-state index in [0.29, 0.717) is 9.14 Å². The summed E-state index contributed by atoms with van der Waals surface area (Å²) in [4.78, 5) is 23.8. The number of Topliss-reactive ketones (excluding diaryl/α,β-unsaturated/α-hetero) is 2. The molecule has 0 amide bonds. The van der Waals surface area contributed by atoms with Gasteiger partial charge in [0.2, 0.25) is 11.6 Å². The van der Waals surface area contributed by atoms with E-state index in [1.807, 2.05) is 52.9 Å². The fraction of sp³-hybridized carbons (Fsp3) is 0. The molecule has 0 saturated heterocycles. The summed E-state index contributed by atoms with van der Waals surface area (Å²) in [5.41, 5.74) is 1.41. The predicted molar refractivity (Wildman–Crippen MR) is 88.2 cm³/mol. The molecule has 0 fully saturated rings. The van der Waals surface area contributed by atoms with Crippen molar-refractivity contribution in [1.82, 2.24) is 0 Å². The molecule has 0 radical (unpaired) electrons. The lowest BCUT2D eigenvalue weighted by atomic mass is 9.91. The van der Waals surface area contributed by atoms with Crippen LogP contribution in [0.5, 0.6) is 0 Å². The minimum atomic E-state index is -0.402. The van der Waals surface area contributed by atoms with E-state index in [1.165, 1.54) is 0 Å². The minimum Gasteiger partial charge on any atom is -0.285 e. The van der Waals surface area contributed by atoms with Crippen LogP contribution < -0.4 is 0 Å². The Morgan fingerprint density at radius 1 is 0.778 bits per heavy atom. The number of halogens is 2. The highest BCUT2D eigenvalue weighted by molar-refractivity contribution is 14.1. The summed E-state index contributed by atoms with van der Waals surface area (Å²) < 4.78 is 1.38. The van der Waals surface area contributed by atoms with E-state index in [1.54, 1.807) is 6.07 Å². The van der Waals surface area contributed by atoms with Crippen LogP contribution >= 0.6 is 45.2 Å². The minimum absolute atomic E-state index is 0.400. The van der Waals surface area contributed by atoms with Crippen LogP contribution in [0, 0.1) is 0 Å². The van der Waals surface area contributed by atoms with Gasteiger partial charge in [-0.2, -0.15) is 0 Å².